The van der Waals surface area contributed by atoms with Crippen LogP contribution in [0, 0.1) is 0 Å². The minimum atomic E-state index is 0.0258. The molecule has 1 heterocycles. The van der Waals surface area contributed by atoms with Crippen molar-refractivity contribution < 1.29 is 10.2 Å². The Hall–Kier alpha value is -0.710. The Balaban J connectivity index is 2.81. The molecular weight excluding hydrogens is 204 g/mol. The van der Waals surface area contributed by atoms with E-state index in [1.807, 2.05) is 5.38 Å². The molecule has 0 aliphatic carbocycles. The quantitative estimate of drug-likeness (QED) is 0.635. The Labute approximate surface area is 84.9 Å². The third-order valence-corrected chi connectivity index (χ3v) is 3.61. The van der Waals surface area contributed by atoms with E-state index in [9.17, 15) is 5.11 Å². The lowest BCUT2D eigenvalue weighted by Crippen LogP contribution is -1.78. The number of thiophene rings is 1. The van der Waals surface area contributed by atoms with E-state index < -0.39 is 0 Å². The number of rotatable bonds is 1. The van der Waals surface area contributed by atoms with Crippen molar-refractivity contribution in [3.63, 3.8) is 0 Å². The van der Waals surface area contributed by atoms with Crippen molar-refractivity contribution in [1.82, 2.24) is 0 Å². The zero-order valence-corrected chi connectivity index (χ0v) is 8.40. The van der Waals surface area contributed by atoms with Crippen molar-refractivity contribution in [2.45, 2.75) is 11.5 Å². The van der Waals surface area contributed by atoms with Gasteiger partial charge in [0.2, 0.25) is 0 Å². The Morgan fingerprint density at radius 3 is 2.85 bits per heavy atom. The van der Waals surface area contributed by atoms with Crippen molar-refractivity contribution in [3.05, 3.63) is 23.1 Å². The van der Waals surface area contributed by atoms with Crippen LogP contribution in [-0.2, 0) is 6.61 Å². The second kappa shape index (κ2) is 3.21. The van der Waals surface area contributed by atoms with Gasteiger partial charge >= 0.3 is 0 Å². The zero-order chi connectivity index (χ0) is 9.42. The molecule has 0 spiro atoms. The highest BCUT2D eigenvalue weighted by atomic mass is 32.1. The predicted molar refractivity (Wildman–Crippen MR) is 56.7 cm³/mol. The molecule has 2 N–H and O–H groups in total. The lowest BCUT2D eigenvalue weighted by molar-refractivity contribution is 0.284. The first-order chi connectivity index (χ1) is 6.24. The molecule has 0 atom stereocenters. The summed E-state index contributed by atoms with van der Waals surface area (Å²) in [5.41, 5.74) is 0.885. The highest BCUT2D eigenvalue weighted by Crippen LogP contribution is 2.36. The molecule has 68 valence electrons. The first kappa shape index (κ1) is 8.87. The average Bonchev–Trinajstić information content (AvgIpc) is 2.55. The molecule has 0 bridgehead atoms. The fraction of sp³-hybridized carbons (Fsp3) is 0.111. The lowest BCUT2D eigenvalue weighted by Gasteiger charge is -1.99. The van der Waals surface area contributed by atoms with Gasteiger partial charge in [-0.3, -0.25) is 0 Å². The summed E-state index contributed by atoms with van der Waals surface area (Å²) in [5, 5.41) is 21.2. The second-order valence-electron chi connectivity index (χ2n) is 2.73. The summed E-state index contributed by atoms with van der Waals surface area (Å²) < 4.78 is 0.924. The maximum Gasteiger partial charge on any atom is 0.130 e. The van der Waals surface area contributed by atoms with E-state index in [4.69, 9.17) is 5.11 Å². The standard InChI is InChI=1S/C9H8O2S2/c10-3-5-4-13-9-6(5)1-2-7(11)8(9)12/h1-2,4,10-12H,3H2. The molecular formula is C9H8O2S2. The summed E-state index contributed by atoms with van der Waals surface area (Å²) in [5.74, 6) is 0.183. The van der Waals surface area contributed by atoms with Gasteiger partial charge in [-0.2, -0.15) is 0 Å². The predicted octanol–water partition coefficient (Wildman–Crippen LogP) is 2.39. The molecule has 13 heavy (non-hydrogen) atoms. The Kier molecular flexibility index (Phi) is 2.19. The second-order valence-corrected chi connectivity index (χ2v) is 4.06. The minimum absolute atomic E-state index is 0.0258. The number of fused-ring (bicyclic) bond motifs is 1. The number of aromatic hydroxyl groups is 1. The maximum absolute atomic E-state index is 9.37. The average molecular weight is 212 g/mol. The van der Waals surface area contributed by atoms with Crippen molar-refractivity contribution in [1.29, 1.82) is 0 Å². The van der Waals surface area contributed by atoms with E-state index in [0.717, 1.165) is 15.6 Å². The molecule has 1 aromatic carbocycles. The molecule has 4 heteroatoms. The minimum Gasteiger partial charge on any atom is -0.507 e. The molecule has 0 aliphatic rings. The van der Waals surface area contributed by atoms with Gasteiger partial charge in [0.25, 0.3) is 0 Å². The number of phenols is 1. The summed E-state index contributed by atoms with van der Waals surface area (Å²) in [4.78, 5) is 0.585. The van der Waals surface area contributed by atoms with Crippen molar-refractivity contribution in [3.8, 4) is 5.75 Å². The first-order valence-corrected chi connectivity index (χ1v) is 5.08. The molecule has 1 aromatic heterocycles. The van der Waals surface area contributed by atoms with Crippen molar-refractivity contribution >= 4 is 34.1 Å². The van der Waals surface area contributed by atoms with Crippen LogP contribution in [-0.4, -0.2) is 10.2 Å². The number of aliphatic hydroxyl groups is 1. The number of hydrogen-bond acceptors (Lipinski definition) is 4. The Morgan fingerprint density at radius 1 is 1.38 bits per heavy atom. The SMILES string of the molecule is OCc1csc2c(S)c(O)ccc12. The molecule has 0 aliphatic heterocycles. The molecule has 0 radical (unpaired) electrons. The van der Waals surface area contributed by atoms with Crippen LogP contribution in [0.3, 0.4) is 0 Å². The van der Waals surface area contributed by atoms with Gasteiger partial charge in [0.15, 0.2) is 0 Å². The van der Waals surface area contributed by atoms with Crippen LogP contribution >= 0.6 is 24.0 Å². The monoisotopic (exact) mass is 212 g/mol. The fourth-order valence-electron chi connectivity index (χ4n) is 1.25. The van der Waals surface area contributed by atoms with Crippen molar-refractivity contribution in [2.75, 3.05) is 0 Å². The molecule has 0 amide bonds. The number of hydrogen-bond donors (Lipinski definition) is 3. The van der Waals surface area contributed by atoms with Gasteiger partial charge in [0.05, 0.1) is 16.2 Å². The molecule has 0 saturated heterocycles. The Morgan fingerprint density at radius 2 is 2.15 bits per heavy atom. The van der Waals surface area contributed by atoms with E-state index in [0.29, 0.717) is 4.90 Å². The zero-order valence-electron chi connectivity index (χ0n) is 6.69. The highest BCUT2D eigenvalue weighted by Gasteiger charge is 2.08. The van der Waals surface area contributed by atoms with Gasteiger partial charge in [0, 0.05) is 0 Å². The summed E-state index contributed by atoms with van der Waals surface area (Å²) >= 11 is 5.68. The van der Waals surface area contributed by atoms with Gasteiger partial charge in [-0.25, -0.2) is 0 Å². The number of phenolic OH excluding ortho intramolecular Hbond substituents is 1. The molecule has 0 unspecified atom stereocenters. The number of thiol groups is 1. The Bertz CT molecular complexity index is 448. The molecule has 0 saturated carbocycles. The van der Waals surface area contributed by atoms with Crippen LogP contribution in [0.4, 0.5) is 0 Å². The van der Waals surface area contributed by atoms with Gasteiger partial charge in [-0.1, -0.05) is 0 Å². The maximum atomic E-state index is 9.37. The third kappa shape index (κ3) is 1.31. The topological polar surface area (TPSA) is 40.5 Å². The van der Waals surface area contributed by atoms with Gasteiger partial charge in [-0.05, 0) is 28.5 Å². The molecule has 2 rings (SSSR count). The van der Waals surface area contributed by atoms with Gasteiger partial charge in [-0.15, -0.1) is 24.0 Å². The van der Waals surface area contributed by atoms with Crippen LogP contribution < -0.4 is 0 Å². The van der Waals surface area contributed by atoms with E-state index in [2.05, 4.69) is 12.6 Å². The van der Waals surface area contributed by atoms with Crippen LogP contribution in [0.5, 0.6) is 5.75 Å². The van der Waals surface area contributed by atoms with Crippen LogP contribution in [0.2, 0.25) is 0 Å². The van der Waals surface area contributed by atoms with Gasteiger partial charge in [0.1, 0.15) is 5.75 Å². The number of aliphatic hydroxyl groups excluding tert-OH is 1. The largest absolute Gasteiger partial charge is 0.507 e. The molecule has 2 aromatic rings. The van der Waals surface area contributed by atoms with E-state index in [-0.39, 0.29) is 12.4 Å². The van der Waals surface area contributed by atoms with Crippen molar-refractivity contribution in [2.24, 2.45) is 0 Å². The van der Waals surface area contributed by atoms with E-state index >= 15 is 0 Å². The normalized spacial score (nSPS) is 10.9. The van der Waals surface area contributed by atoms with Crippen LogP contribution in [0.15, 0.2) is 22.4 Å². The third-order valence-electron chi connectivity index (χ3n) is 1.95. The number of benzene rings is 1. The summed E-state index contributed by atoms with van der Waals surface area (Å²) in [6.45, 7) is 0.0258. The first-order valence-electron chi connectivity index (χ1n) is 3.76. The van der Waals surface area contributed by atoms with E-state index in [1.165, 1.54) is 11.3 Å². The van der Waals surface area contributed by atoms with E-state index in [1.54, 1.807) is 12.1 Å². The van der Waals surface area contributed by atoms with Crippen LogP contribution in [0.25, 0.3) is 10.1 Å². The molecule has 0 fully saturated rings. The smallest absolute Gasteiger partial charge is 0.130 e. The fourth-order valence-corrected chi connectivity index (χ4v) is 2.61. The highest BCUT2D eigenvalue weighted by molar-refractivity contribution is 7.80. The molecule has 2 nitrogen and oxygen atoms in total. The van der Waals surface area contributed by atoms with Crippen LogP contribution in [0.1, 0.15) is 5.56 Å². The summed E-state index contributed by atoms with van der Waals surface area (Å²) in [7, 11) is 0. The van der Waals surface area contributed by atoms with Gasteiger partial charge < -0.3 is 10.2 Å². The lowest BCUT2D eigenvalue weighted by atomic mass is 10.2. The summed E-state index contributed by atoms with van der Waals surface area (Å²) in [6.07, 6.45) is 0. The summed E-state index contributed by atoms with van der Waals surface area (Å²) in [6, 6.07) is 3.39.